The quantitative estimate of drug-likeness (QED) is 0.795. The first-order valence-corrected chi connectivity index (χ1v) is 8.80. The molecule has 2 aliphatic carbocycles. The Hall–Kier alpha value is -0.930. The molecule has 0 heterocycles. The van der Waals surface area contributed by atoms with Crippen molar-refractivity contribution in [3.8, 4) is 0 Å². The molecule has 0 saturated heterocycles. The van der Waals surface area contributed by atoms with Gasteiger partial charge in [-0.05, 0) is 64.4 Å². The molecular weight excluding hydrogens is 288 g/mol. The standard InChI is InChI=1S/C20H32O3/c1-7-13(2)12-23-18-9-8-15-10-17(21)16(19(4,5)22)11-20(15,6)14(18)3/h7,10,14,16,18,22H,8-9,11-12H2,1-6H3/t14-,16+,18+,20+/m0/s1. The maximum atomic E-state index is 12.4. The minimum Gasteiger partial charge on any atom is -0.390 e. The fourth-order valence-corrected chi connectivity index (χ4v) is 4.03. The molecule has 2 aliphatic rings. The van der Waals surface area contributed by atoms with Gasteiger partial charge in [0.1, 0.15) is 0 Å². The van der Waals surface area contributed by atoms with Gasteiger partial charge in [0.05, 0.1) is 24.2 Å². The van der Waals surface area contributed by atoms with Gasteiger partial charge >= 0.3 is 0 Å². The molecule has 0 aromatic heterocycles. The molecule has 2 rings (SSSR count). The van der Waals surface area contributed by atoms with Gasteiger partial charge in [-0.25, -0.2) is 0 Å². The van der Waals surface area contributed by atoms with E-state index in [0.29, 0.717) is 18.9 Å². The van der Waals surface area contributed by atoms with Crippen LogP contribution >= 0.6 is 0 Å². The van der Waals surface area contributed by atoms with Gasteiger partial charge in [-0.1, -0.05) is 31.1 Å². The summed E-state index contributed by atoms with van der Waals surface area (Å²) in [4.78, 5) is 12.4. The minimum atomic E-state index is -0.975. The lowest BCUT2D eigenvalue weighted by molar-refractivity contribution is -0.131. The zero-order valence-electron chi connectivity index (χ0n) is 15.5. The molecule has 1 N–H and O–H groups in total. The average Bonchev–Trinajstić information content (AvgIpc) is 2.47. The Bertz CT molecular complexity index is 523. The van der Waals surface area contributed by atoms with Gasteiger partial charge in [0.25, 0.3) is 0 Å². The van der Waals surface area contributed by atoms with Crippen molar-refractivity contribution >= 4 is 5.78 Å². The van der Waals surface area contributed by atoms with E-state index in [4.69, 9.17) is 4.74 Å². The Labute approximate surface area is 140 Å². The van der Waals surface area contributed by atoms with Crippen molar-refractivity contribution in [1.29, 1.82) is 0 Å². The van der Waals surface area contributed by atoms with Gasteiger partial charge in [-0.15, -0.1) is 0 Å². The second-order valence-electron chi connectivity index (χ2n) is 8.21. The van der Waals surface area contributed by atoms with Crippen LogP contribution in [0.1, 0.15) is 60.8 Å². The number of aliphatic hydroxyl groups is 1. The maximum absolute atomic E-state index is 12.4. The summed E-state index contributed by atoms with van der Waals surface area (Å²) in [5, 5.41) is 10.4. The Balaban J connectivity index is 2.21. The predicted octanol–water partition coefficient (Wildman–Crippen LogP) is 4.06. The summed E-state index contributed by atoms with van der Waals surface area (Å²) in [6, 6.07) is 0. The van der Waals surface area contributed by atoms with Crippen LogP contribution in [0.4, 0.5) is 0 Å². The van der Waals surface area contributed by atoms with Gasteiger partial charge in [-0.2, -0.15) is 0 Å². The van der Waals surface area contributed by atoms with Crippen LogP contribution in [0.25, 0.3) is 0 Å². The van der Waals surface area contributed by atoms with Crippen molar-refractivity contribution in [2.45, 2.75) is 72.5 Å². The summed E-state index contributed by atoms with van der Waals surface area (Å²) in [5.74, 6) is 0.0983. The summed E-state index contributed by atoms with van der Waals surface area (Å²) in [6.07, 6.45) is 6.72. The van der Waals surface area contributed by atoms with Crippen molar-refractivity contribution < 1.29 is 14.6 Å². The van der Waals surface area contributed by atoms with Crippen LogP contribution in [0.15, 0.2) is 23.3 Å². The Kier molecular flexibility index (Phi) is 5.22. The molecular formula is C20H32O3. The van der Waals surface area contributed by atoms with E-state index in [1.807, 2.05) is 13.0 Å². The molecule has 23 heavy (non-hydrogen) atoms. The highest BCUT2D eigenvalue weighted by Crippen LogP contribution is 2.53. The van der Waals surface area contributed by atoms with Crippen molar-refractivity contribution in [2.24, 2.45) is 17.3 Å². The highest BCUT2D eigenvalue weighted by Gasteiger charge is 2.50. The monoisotopic (exact) mass is 320 g/mol. The van der Waals surface area contributed by atoms with E-state index in [9.17, 15) is 9.90 Å². The van der Waals surface area contributed by atoms with Gasteiger partial charge < -0.3 is 9.84 Å². The molecule has 1 saturated carbocycles. The molecule has 1 fully saturated rings. The Morgan fingerprint density at radius 3 is 2.74 bits per heavy atom. The zero-order valence-corrected chi connectivity index (χ0v) is 15.5. The molecule has 0 bridgehead atoms. The predicted molar refractivity (Wildman–Crippen MR) is 93.2 cm³/mol. The van der Waals surface area contributed by atoms with Gasteiger partial charge in [0, 0.05) is 0 Å². The molecule has 4 atom stereocenters. The summed E-state index contributed by atoms with van der Waals surface area (Å²) >= 11 is 0. The van der Waals surface area contributed by atoms with Crippen molar-refractivity contribution in [3.05, 3.63) is 23.3 Å². The third-order valence-electron chi connectivity index (χ3n) is 6.15. The highest BCUT2D eigenvalue weighted by molar-refractivity contribution is 5.94. The molecule has 0 aromatic carbocycles. The molecule has 0 radical (unpaired) electrons. The van der Waals surface area contributed by atoms with Crippen LogP contribution in [0.5, 0.6) is 0 Å². The van der Waals surface area contributed by atoms with Crippen molar-refractivity contribution in [3.63, 3.8) is 0 Å². The van der Waals surface area contributed by atoms with E-state index in [2.05, 4.69) is 26.8 Å². The zero-order chi connectivity index (χ0) is 17.4. The summed E-state index contributed by atoms with van der Waals surface area (Å²) in [5.41, 5.74) is 1.46. The Morgan fingerprint density at radius 2 is 2.17 bits per heavy atom. The maximum Gasteiger partial charge on any atom is 0.161 e. The van der Waals surface area contributed by atoms with Crippen LogP contribution in [0.3, 0.4) is 0 Å². The lowest BCUT2D eigenvalue weighted by atomic mass is 9.56. The fraction of sp³-hybridized carbons (Fsp3) is 0.750. The Morgan fingerprint density at radius 1 is 1.52 bits per heavy atom. The fourth-order valence-electron chi connectivity index (χ4n) is 4.03. The van der Waals surface area contributed by atoms with Gasteiger partial charge in [-0.3, -0.25) is 4.79 Å². The van der Waals surface area contributed by atoms with Gasteiger partial charge in [0.15, 0.2) is 5.78 Å². The number of allylic oxidation sites excluding steroid dienone is 3. The third kappa shape index (κ3) is 3.61. The average molecular weight is 320 g/mol. The molecule has 0 amide bonds. The van der Waals surface area contributed by atoms with Gasteiger partial charge in [0.2, 0.25) is 0 Å². The van der Waals surface area contributed by atoms with E-state index in [1.165, 1.54) is 11.1 Å². The van der Waals surface area contributed by atoms with E-state index in [1.54, 1.807) is 13.8 Å². The number of ether oxygens (including phenoxy) is 1. The molecule has 130 valence electrons. The SMILES string of the molecule is CC=C(C)CO[C@@H]1CCC2=CC(=O)[C@H](C(C)(C)O)C[C@]2(C)[C@H]1C. The van der Waals surface area contributed by atoms with E-state index in [0.717, 1.165) is 12.8 Å². The number of hydrogen-bond donors (Lipinski definition) is 1. The lowest BCUT2D eigenvalue weighted by Gasteiger charge is -2.51. The smallest absolute Gasteiger partial charge is 0.161 e. The van der Waals surface area contributed by atoms with Crippen LogP contribution in [-0.4, -0.2) is 29.2 Å². The van der Waals surface area contributed by atoms with Crippen molar-refractivity contribution in [2.75, 3.05) is 6.61 Å². The first kappa shape index (κ1) is 18.4. The number of fused-ring (bicyclic) bond motifs is 1. The normalized spacial score (nSPS) is 35.8. The van der Waals surface area contributed by atoms with Crippen LogP contribution in [0, 0.1) is 17.3 Å². The summed E-state index contributed by atoms with van der Waals surface area (Å²) < 4.78 is 6.17. The van der Waals surface area contributed by atoms with Crippen LogP contribution < -0.4 is 0 Å². The van der Waals surface area contributed by atoms with E-state index >= 15 is 0 Å². The highest BCUT2D eigenvalue weighted by atomic mass is 16.5. The largest absolute Gasteiger partial charge is 0.390 e. The molecule has 3 nitrogen and oxygen atoms in total. The van der Waals surface area contributed by atoms with E-state index in [-0.39, 0.29) is 23.2 Å². The second kappa shape index (κ2) is 6.52. The first-order chi connectivity index (χ1) is 10.6. The summed E-state index contributed by atoms with van der Waals surface area (Å²) in [7, 11) is 0. The molecule has 0 spiro atoms. The second-order valence-corrected chi connectivity index (χ2v) is 8.21. The number of carbonyl (C=O) groups excluding carboxylic acids is 1. The number of rotatable bonds is 4. The summed E-state index contributed by atoms with van der Waals surface area (Å²) in [6.45, 7) is 12.8. The third-order valence-corrected chi connectivity index (χ3v) is 6.15. The topological polar surface area (TPSA) is 46.5 Å². The number of carbonyl (C=O) groups is 1. The molecule has 3 heteroatoms. The molecule has 0 unspecified atom stereocenters. The van der Waals surface area contributed by atoms with Crippen LogP contribution in [0.2, 0.25) is 0 Å². The van der Waals surface area contributed by atoms with Crippen LogP contribution in [-0.2, 0) is 9.53 Å². The van der Waals surface area contributed by atoms with Crippen molar-refractivity contribution in [1.82, 2.24) is 0 Å². The molecule has 0 aliphatic heterocycles. The lowest BCUT2D eigenvalue weighted by Crippen LogP contribution is -2.50. The minimum absolute atomic E-state index is 0.0642. The first-order valence-electron chi connectivity index (χ1n) is 8.80. The van der Waals surface area contributed by atoms with E-state index < -0.39 is 5.60 Å². The molecule has 0 aromatic rings. The number of hydrogen-bond acceptors (Lipinski definition) is 3. The number of ketones is 1.